The second-order valence-corrected chi connectivity index (χ2v) is 6.45. The maximum Gasteiger partial charge on any atom is 0.261 e. The Bertz CT molecular complexity index is 1080. The number of hydrazine groups is 1. The van der Waals surface area contributed by atoms with Crippen molar-refractivity contribution in [3.05, 3.63) is 70.5 Å². The molecular formula is C19H18FN5O2S. The number of para-hydroxylation sites is 1. The van der Waals surface area contributed by atoms with Crippen molar-refractivity contribution in [3.8, 4) is 0 Å². The van der Waals surface area contributed by atoms with Crippen molar-refractivity contribution in [2.24, 2.45) is 7.05 Å². The standard InChI is InChI=1S/C19H18FN5O2S/c1-25-16(22-15-5-3-2-4-14(15)18(25)27)10-11-17(26)23-24-19(28)21-13-8-6-12(20)7-9-13/h2-9H,10-11H2,1H3,(H,23,26)(H2,21,24,28). The molecule has 2 aromatic carbocycles. The first-order chi connectivity index (χ1) is 13.4. The van der Waals surface area contributed by atoms with Gasteiger partial charge in [0.2, 0.25) is 5.91 Å². The molecule has 1 aromatic heterocycles. The zero-order valence-corrected chi connectivity index (χ0v) is 15.8. The number of carbonyl (C=O) groups is 1. The normalized spacial score (nSPS) is 10.5. The molecule has 0 saturated heterocycles. The molecule has 144 valence electrons. The molecule has 3 rings (SSSR count). The maximum absolute atomic E-state index is 12.9. The van der Waals surface area contributed by atoms with E-state index in [9.17, 15) is 14.0 Å². The van der Waals surface area contributed by atoms with Crippen LogP contribution in [0.5, 0.6) is 0 Å². The third kappa shape index (κ3) is 4.68. The lowest BCUT2D eigenvalue weighted by molar-refractivity contribution is -0.121. The molecule has 0 unspecified atom stereocenters. The molecule has 1 amide bonds. The number of nitrogens with one attached hydrogen (secondary N) is 3. The smallest absolute Gasteiger partial charge is 0.261 e. The van der Waals surface area contributed by atoms with E-state index in [0.717, 1.165) is 0 Å². The van der Waals surface area contributed by atoms with Gasteiger partial charge in [-0.2, -0.15) is 0 Å². The number of aromatic nitrogens is 2. The molecule has 3 N–H and O–H groups in total. The van der Waals surface area contributed by atoms with Crippen LogP contribution in [0.15, 0.2) is 53.3 Å². The Kier molecular flexibility index (Phi) is 5.95. The van der Waals surface area contributed by atoms with Crippen molar-refractivity contribution in [2.75, 3.05) is 5.32 Å². The van der Waals surface area contributed by atoms with Crippen LogP contribution in [0.1, 0.15) is 12.2 Å². The van der Waals surface area contributed by atoms with Crippen molar-refractivity contribution >= 4 is 39.8 Å². The predicted octanol–water partition coefficient (Wildman–Crippen LogP) is 2.02. The summed E-state index contributed by atoms with van der Waals surface area (Å²) in [4.78, 5) is 28.9. The number of rotatable bonds is 4. The van der Waals surface area contributed by atoms with E-state index < -0.39 is 0 Å². The zero-order chi connectivity index (χ0) is 20.1. The van der Waals surface area contributed by atoms with Crippen molar-refractivity contribution < 1.29 is 9.18 Å². The lowest BCUT2D eigenvalue weighted by Crippen LogP contribution is -2.43. The minimum Gasteiger partial charge on any atom is -0.331 e. The highest BCUT2D eigenvalue weighted by Crippen LogP contribution is 2.09. The Morgan fingerprint density at radius 1 is 1.14 bits per heavy atom. The highest BCUT2D eigenvalue weighted by atomic mass is 32.1. The molecule has 0 atom stereocenters. The molecule has 0 radical (unpaired) electrons. The van der Waals surface area contributed by atoms with Gasteiger partial charge in [-0.1, -0.05) is 12.1 Å². The molecule has 0 aliphatic heterocycles. The molecule has 28 heavy (non-hydrogen) atoms. The van der Waals surface area contributed by atoms with Gasteiger partial charge in [0.15, 0.2) is 5.11 Å². The second kappa shape index (κ2) is 8.57. The van der Waals surface area contributed by atoms with E-state index >= 15 is 0 Å². The zero-order valence-electron chi connectivity index (χ0n) is 15.0. The molecule has 1 heterocycles. The average molecular weight is 399 g/mol. The fourth-order valence-corrected chi connectivity index (χ4v) is 2.77. The quantitative estimate of drug-likeness (QED) is 0.460. The number of amides is 1. The number of hydrogen-bond acceptors (Lipinski definition) is 4. The number of halogens is 1. The Morgan fingerprint density at radius 3 is 2.61 bits per heavy atom. The number of carbonyl (C=O) groups excluding carboxylic acids is 1. The summed E-state index contributed by atoms with van der Waals surface area (Å²) in [5.41, 5.74) is 6.09. The fraction of sp³-hybridized carbons (Fsp3) is 0.158. The lowest BCUT2D eigenvalue weighted by Gasteiger charge is -2.12. The Balaban J connectivity index is 1.54. The number of hydrogen-bond donors (Lipinski definition) is 3. The number of nitrogens with zero attached hydrogens (tertiary/aromatic N) is 2. The first kappa shape index (κ1) is 19.4. The molecular weight excluding hydrogens is 381 g/mol. The van der Waals surface area contributed by atoms with Gasteiger partial charge < -0.3 is 5.32 Å². The summed E-state index contributed by atoms with van der Waals surface area (Å²) >= 11 is 5.07. The molecule has 0 bridgehead atoms. The SMILES string of the molecule is Cn1c(CCC(=O)NNC(=S)Nc2ccc(F)cc2)nc2ccccc2c1=O. The van der Waals surface area contributed by atoms with Gasteiger partial charge in [-0.05, 0) is 48.6 Å². The Hall–Kier alpha value is -3.33. The van der Waals surface area contributed by atoms with E-state index in [2.05, 4.69) is 21.2 Å². The second-order valence-electron chi connectivity index (χ2n) is 6.04. The monoisotopic (exact) mass is 399 g/mol. The largest absolute Gasteiger partial charge is 0.331 e. The summed E-state index contributed by atoms with van der Waals surface area (Å²) in [6.07, 6.45) is 0.410. The fourth-order valence-electron chi connectivity index (χ4n) is 2.60. The average Bonchev–Trinajstić information content (AvgIpc) is 2.70. The topological polar surface area (TPSA) is 88.1 Å². The molecule has 0 aliphatic carbocycles. The van der Waals surface area contributed by atoms with Crippen LogP contribution in [-0.4, -0.2) is 20.6 Å². The van der Waals surface area contributed by atoms with Crippen molar-refractivity contribution in [1.29, 1.82) is 0 Å². The third-order valence-corrected chi connectivity index (χ3v) is 4.27. The van der Waals surface area contributed by atoms with Crippen LogP contribution in [0.3, 0.4) is 0 Å². The van der Waals surface area contributed by atoms with Crippen molar-refractivity contribution in [3.63, 3.8) is 0 Å². The van der Waals surface area contributed by atoms with Crippen LogP contribution in [0, 0.1) is 5.82 Å². The highest BCUT2D eigenvalue weighted by Gasteiger charge is 2.10. The van der Waals surface area contributed by atoms with Crippen molar-refractivity contribution in [1.82, 2.24) is 20.4 Å². The number of anilines is 1. The summed E-state index contributed by atoms with van der Waals surface area (Å²) in [5.74, 6) is -0.147. The minimum absolute atomic E-state index is 0.116. The summed E-state index contributed by atoms with van der Waals surface area (Å²) in [6, 6.07) is 12.7. The lowest BCUT2D eigenvalue weighted by atomic mass is 10.2. The molecule has 9 heteroatoms. The molecule has 3 aromatic rings. The Labute approximate surface area is 165 Å². The van der Waals surface area contributed by atoms with E-state index in [4.69, 9.17) is 12.2 Å². The van der Waals surface area contributed by atoms with Crippen LogP contribution in [0.4, 0.5) is 10.1 Å². The first-order valence-corrected chi connectivity index (χ1v) is 8.91. The number of thiocarbonyl (C=S) groups is 1. The van der Waals surface area contributed by atoms with Crippen LogP contribution in [0.2, 0.25) is 0 Å². The number of benzene rings is 2. The van der Waals surface area contributed by atoms with Gasteiger partial charge >= 0.3 is 0 Å². The summed E-state index contributed by atoms with van der Waals surface area (Å²) in [7, 11) is 1.63. The Morgan fingerprint density at radius 2 is 1.86 bits per heavy atom. The van der Waals surface area contributed by atoms with Gasteiger partial charge in [-0.15, -0.1) is 0 Å². The minimum atomic E-state index is -0.352. The summed E-state index contributed by atoms with van der Waals surface area (Å²) in [5, 5.41) is 3.52. The van der Waals surface area contributed by atoms with E-state index in [1.165, 1.54) is 28.8 Å². The van der Waals surface area contributed by atoms with E-state index in [1.54, 1.807) is 25.2 Å². The van der Waals surface area contributed by atoms with Crippen LogP contribution < -0.4 is 21.7 Å². The molecule has 0 fully saturated rings. The van der Waals surface area contributed by atoms with E-state index in [0.29, 0.717) is 28.8 Å². The van der Waals surface area contributed by atoms with E-state index in [-0.39, 0.29) is 28.8 Å². The highest BCUT2D eigenvalue weighted by molar-refractivity contribution is 7.80. The molecule has 0 aliphatic rings. The number of fused-ring (bicyclic) bond motifs is 1. The number of aryl methyl sites for hydroxylation is 1. The molecule has 7 nitrogen and oxygen atoms in total. The molecule has 0 saturated carbocycles. The van der Waals surface area contributed by atoms with Crippen molar-refractivity contribution in [2.45, 2.75) is 12.8 Å². The van der Waals surface area contributed by atoms with Gasteiger partial charge in [0.05, 0.1) is 10.9 Å². The van der Waals surface area contributed by atoms with Gasteiger partial charge in [0, 0.05) is 25.6 Å². The van der Waals surface area contributed by atoms with Crippen LogP contribution in [-0.2, 0) is 18.3 Å². The van der Waals surface area contributed by atoms with Gasteiger partial charge in [0.1, 0.15) is 11.6 Å². The van der Waals surface area contributed by atoms with Gasteiger partial charge in [-0.3, -0.25) is 25.0 Å². The molecule has 0 spiro atoms. The summed E-state index contributed by atoms with van der Waals surface area (Å²) in [6.45, 7) is 0. The summed E-state index contributed by atoms with van der Waals surface area (Å²) < 4.78 is 14.3. The van der Waals surface area contributed by atoms with Gasteiger partial charge in [0.25, 0.3) is 5.56 Å². The van der Waals surface area contributed by atoms with Gasteiger partial charge in [-0.25, -0.2) is 9.37 Å². The first-order valence-electron chi connectivity index (χ1n) is 8.50. The maximum atomic E-state index is 12.9. The predicted molar refractivity (Wildman–Crippen MR) is 109 cm³/mol. The van der Waals surface area contributed by atoms with Crippen LogP contribution >= 0.6 is 12.2 Å². The third-order valence-electron chi connectivity index (χ3n) is 4.07. The van der Waals surface area contributed by atoms with Crippen LogP contribution in [0.25, 0.3) is 10.9 Å². The van der Waals surface area contributed by atoms with E-state index in [1.807, 2.05) is 6.07 Å².